The summed E-state index contributed by atoms with van der Waals surface area (Å²) in [4.78, 5) is 32.6. The van der Waals surface area contributed by atoms with Crippen LogP contribution in [-0.4, -0.2) is 15.8 Å². The molecule has 0 spiro atoms. The molecule has 39 heavy (non-hydrogen) atoms. The summed E-state index contributed by atoms with van der Waals surface area (Å²) in [7, 11) is 0. The van der Waals surface area contributed by atoms with Gasteiger partial charge in [-0.05, 0) is 24.6 Å². The quantitative estimate of drug-likeness (QED) is 0.320. The summed E-state index contributed by atoms with van der Waals surface area (Å²) >= 11 is 0. The Morgan fingerprint density at radius 1 is 0.564 bits per heavy atom. The van der Waals surface area contributed by atoms with Gasteiger partial charge in [0.1, 0.15) is 22.0 Å². The van der Waals surface area contributed by atoms with Crippen LogP contribution >= 0.6 is 0 Å². The second-order valence-corrected chi connectivity index (χ2v) is 9.85. The van der Waals surface area contributed by atoms with Gasteiger partial charge in [-0.1, -0.05) is 85.8 Å². The van der Waals surface area contributed by atoms with Gasteiger partial charge >= 0.3 is 0 Å². The third-order valence-electron chi connectivity index (χ3n) is 7.56. The second-order valence-electron chi connectivity index (χ2n) is 9.85. The molecule has 2 N–H and O–H groups in total. The number of H-pyrrole nitrogens is 2. The van der Waals surface area contributed by atoms with Crippen molar-refractivity contribution >= 4 is 38.8 Å². The van der Waals surface area contributed by atoms with Gasteiger partial charge in [0.2, 0.25) is 0 Å². The zero-order valence-electron chi connectivity index (χ0n) is 21.2. The highest BCUT2D eigenvalue weighted by Gasteiger charge is 2.38. The SMILES string of the molecule is CC[C@@]12N=C(N=c3[nH]c(c4ccccc34)=Nc3cccc(c3)N=c3[nH]/c(c4ccccc34)=N\1)c1ccccc12. The lowest BCUT2D eigenvalue weighted by Crippen LogP contribution is -2.23. The molecule has 7 heteroatoms. The number of hydrogen-bond acceptors (Lipinski definition) is 5. The number of amidine groups is 1. The molecule has 0 saturated carbocycles. The lowest BCUT2D eigenvalue weighted by Gasteiger charge is -2.20. The van der Waals surface area contributed by atoms with E-state index < -0.39 is 5.66 Å². The van der Waals surface area contributed by atoms with Crippen molar-refractivity contribution < 1.29 is 0 Å². The molecule has 0 radical (unpaired) electrons. The summed E-state index contributed by atoms with van der Waals surface area (Å²) in [5, 5.41) is 4.01. The Morgan fingerprint density at radius 2 is 1.10 bits per heavy atom. The number of rotatable bonds is 1. The topological polar surface area (TPSA) is 93.4 Å². The first-order valence-electron chi connectivity index (χ1n) is 13.1. The van der Waals surface area contributed by atoms with Crippen molar-refractivity contribution in [2.75, 3.05) is 0 Å². The molecule has 0 unspecified atom stereocenters. The van der Waals surface area contributed by atoms with Crippen molar-refractivity contribution in [2.24, 2.45) is 25.0 Å². The van der Waals surface area contributed by atoms with Crippen molar-refractivity contribution in [1.29, 1.82) is 0 Å². The number of hydrogen-bond donors (Lipinski definition) is 2. The van der Waals surface area contributed by atoms with Crippen LogP contribution < -0.4 is 22.0 Å². The maximum absolute atomic E-state index is 5.32. The van der Waals surface area contributed by atoms with Gasteiger partial charge in [-0.15, -0.1) is 0 Å². The van der Waals surface area contributed by atoms with Crippen molar-refractivity contribution in [3.63, 3.8) is 0 Å². The van der Waals surface area contributed by atoms with Gasteiger partial charge in [0.15, 0.2) is 11.5 Å². The molecule has 1 atom stereocenters. The van der Waals surface area contributed by atoms with E-state index in [1.807, 2.05) is 60.7 Å². The predicted molar refractivity (Wildman–Crippen MR) is 152 cm³/mol. The predicted octanol–water partition coefficient (Wildman–Crippen LogP) is 4.83. The van der Waals surface area contributed by atoms with Gasteiger partial charge in [-0.2, -0.15) is 0 Å². The Labute approximate surface area is 222 Å². The second kappa shape index (κ2) is 8.16. The molecule has 4 heterocycles. The summed E-state index contributed by atoms with van der Waals surface area (Å²) in [6.07, 6.45) is 0.678. The van der Waals surface area contributed by atoms with Crippen LogP contribution in [0.4, 0.5) is 11.4 Å². The highest BCUT2D eigenvalue weighted by Crippen LogP contribution is 2.39. The van der Waals surface area contributed by atoms with Crippen LogP contribution in [0, 0.1) is 0 Å². The van der Waals surface area contributed by atoms with E-state index in [0.29, 0.717) is 12.3 Å². The fraction of sp³-hybridized carbons (Fsp3) is 0.0938. The van der Waals surface area contributed by atoms with E-state index in [4.69, 9.17) is 25.0 Å². The number of aromatic nitrogens is 2. The molecule has 0 aliphatic carbocycles. The van der Waals surface area contributed by atoms with Gasteiger partial charge in [0.25, 0.3) is 0 Å². The van der Waals surface area contributed by atoms with E-state index in [9.17, 15) is 0 Å². The minimum Gasteiger partial charge on any atom is -0.324 e. The Bertz CT molecular complexity index is 2240. The summed E-state index contributed by atoms with van der Waals surface area (Å²) in [5.74, 6) is 0.657. The van der Waals surface area contributed by atoms with E-state index in [0.717, 1.165) is 66.0 Å². The minimum atomic E-state index is -0.813. The van der Waals surface area contributed by atoms with Crippen LogP contribution in [0.15, 0.2) is 122 Å². The van der Waals surface area contributed by atoms with Crippen molar-refractivity contribution in [3.05, 3.63) is 130 Å². The number of fused-ring (bicyclic) bond motifs is 16. The standard InChI is InChI=1S/C32H23N7/c1-2-32-26-17-8-7-16-25(26)31(39-32)37-29-22-13-4-3-12-21(22)27(35-29)33-19-10-9-11-20(18-19)34-28-23-14-5-6-15-24(23)30(36-28)38-32/h3-18H,2H2,1H3,(H,34,36,38)(H,33,35,37,39)/t32-/m0/s1. The number of aromatic amines is 2. The van der Waals surface area contributed by atoms with Crippen LogP contribution in [0.1, 0.15) is 24.5 Å². The van der Waals surface area contributed by atoms with Gasteiger partial charge in [-0.3, -0.25) is 0 Å². The Morgan fingerprint density at radius 3 is 1.74 bits per heavy atom. The smallest absolute Gasteiger partial charge is 0.180 e. The average molecular weight is 506 g/mol. The van der Waals surface area contributed by atoms with Crippen molar-refractivity contribution in [3.8, 4) is 0 Å². The maximum Gasteiger partial charge on any atom is 0.180 e. The zero-order valence-corrected chi connectivity index (χ0v) is 21.2. The molecule has 4 aromatic carbocycles. The molecule has 186 valence electrons. The van der Waals surface area contributed by atoms with Crippen LogP contribution in [0.2, 0.25) is 0 Å². The van der Waals surface area contributed by atoms with E-state index in [-0.39, 0.29) is 0 Å². The lowest BCUT2D eigenvalue weighted by molar-refractivity contribution is 0.450. The van der Waals surface area contributed by atoms with Gasteiger partial charge in [0, 0.05) is 32.7 Å². The Balaban J connectivity index is 1.56. The average Bonchev–Trinajstić information content (AvgIpc) is 3.60. The van der Waals surface area contributed by atoms with Gasteiger partial charge in [0.05, 0.1) is 11.4 Å². The number of benzene rings is 4. The first-order chi connectivity index (χ1) is 19.2. The molecule has 0 fully saturated rings. The largest absolute Gasteiger partial charge is 0.324 e. The highest BCUT2D eigenvalue weighted by molar-refractivity contribution is 6.04. The molecule has 7 nitrogen and oxygen atoms in total. The van der Waals surface area contributed by atoms with Crippen molar-refractivity contribution in [1.82, 2.24) is 9.97 Å². The number of nitrogens with zero attached hydrogens (tertiary/aromatic N) is 5. The third-order valence-corrected chi connectivity index (χ3v) is 7.56. The monoisotopic (exact) mass is 505 g/mol. The molecule has 8 rings (SSSR count). The first kappa shape index (κ1) is 21.9. The molecule has 0 saturated heterocycles. The van der Waals surface area contributed by atoms with Crippen LogP contribution in [0.5, 0.6) is 0 Å². The summed E-state index contributed by atoms with van der Waals surface area (Å²) in [6, 6.07) is 32.6. The summed E-state index contributed by atoms with van der Waals surface area (Å²) in [5.41, 5.74) is 5.81. The Kier molecular flexibility index (Phi) is 4.58. The molecule has 2 aromatic heterocycles. The molecular formula is C32H23N7. The first-order valence-corrected chi connectivity index (χ1v) is 13.1. The molecule has 6 aromatic rings. The molecule has 2 aliphatic heterocycles. The molecule has 8 bridgehead atoms. The van der Waals surface area contributed by atoms with E-state index in [2.05, 4.69) is 53.3 Å². The van der Waals surface area contributed by atoms with Crippen molar-refractivity contribution in [2.45, 2.75) is 19.0 Å². The summed E-state index contributed by atoms with van der Waals surface area (Å²) in [6.45, 7) is 2.12. The molecule has 0 amide bonds. The lowest BCUT2D eigenvalue weighted by atomic mass is 9.96. The van der Waals surface area contributed by atoms with Gasteiger partial charge < -0.3 is 9.97 Å². The summed E-state index contributed by atoms with van der Waals surface area (Å²) < 4.78 is 0. The van der Waals surface area contributed by atoms with Crippen LogP contribution in [0.25, 0.3) is 21.5 Å². The third kappa shape index (κ3) is 3.33. The van der Waals surface area contributed by atoms with E-state index in [1.54, 1.807) is 0 Å². The van der Waals surface area contributed by atoms with E-state index >= 15 is 0 Å². The molecule has 2 aliphatic rings. The highest BCUT2D eigenvalue weighted by atomic mass is 15.2. The normalized spacial score (nSPS) is 18.4. The number of aliphatic imine (C=N–C) groups is 1. The van der Waals surface area contributed by atoms with Crippen LogP contribution in [0.3, 0.4) is 0 Å². The van der Waals surface area contributed by atoms with E-state index in [1.165, 1.54) is 0 Å². The fourth-order valence-electron chi connectivity index (χ4n) is 5.66. The fourth-order valence-corrected chi connectivity index (χ4v) is 5.66. The van der Waals surface area contributed by atoms with Gasteiger partial charge in [-0.25, -0.2) is 25.0 Å². The minimum absolute atomic E-state index is 0.657. The van der Waals surface area contributed by atoms with Crippen LogP contribution in [-0.2, 0) is 5.66 Å². The molecular weight excluding hydrogens is 482 g/mol. The zero-order chi connectivity index (χ0) is 26.0. The number of nitrogens with one attached hydrogen (secondary N) is 2. The Hall–Kier alpha value is -5.17. The maximum atomic E-state index is 5.32.